The zero-order valence-electron chi connectivity index (χ0n) is 11.5. The summed E-state index contributed by atoms with van der Waals surface area (Å²) in [6.45, 7) is 2.14. The van der Waals surface area contributed by atoms with E-state index < -0.39 is 0 Å². The molecule has 20 heavy (non-hydrogen) atoms. The first-order valence-corrected chi connectivity index (χ1v) is 7.39. The van der Waals surface area contributed by atoms with Crippen molar-refractivity contribution in [2.75, 3.05) is 5.32 Å². The summed E-state index contributed by atoms with van der Waals surface area (Å²) >= 11 is 3.09. The van der Waals surface area contributed by atoms with Gasteiger partial charge in [-0.25, -0.2) is 0 Å². The molecule has 0 aliphatic carbocycles. The number of unbranched alkanes of at least 4 members (excludes halogenated alkanes) is 1. The number of hydrogen-bond acceptors (Lipinski definition) is 1. The van der Waals surface area contributed by atoms with Gasteiger partial charge in [0.1, 0.15) is 0 Å². The minimum atomic E-state index is 0.932. The summed E-state index contributed by atoms with van der Waals surface area (Å²) in [6.07, 6.45) is 2.02. The zero-order valence-corrected chi connectivity index (χ0v) is 12.8. The van der Waals surface area contributed by atoms with Crippen LogP contribution in [0.3, 0.4) is 0 Å². The topological polar surface area (TPSA) is 12.0 Å². The van der Waals surface area contributed by atoms with E-state index in [0.717, 1.165) is 34.2 Å². The van der Waals surface area contributed by atoms with Gasteiger partial charge in [-0.1, -0.05) is 0 Å². The van der Waals surface area contributed by atoms with Crippen molar-refractivity contribution < 1.29 is 15.9 Å². The van der Waals surface area contributed by atoms with Crippen molar-refractivity contribution in [2.45, 2.75) is 19.8 Å². The Hall–Kier alpha value is -1.80. The van der Waals surface area contributed by atoms with Crippen LogP contribution in [0, 0.1) is 11.8 Å². The van der Waals surface area contributed by atoms with Crippen LogP contribution in [0.15, 0.2) is 54.6 Å². The molecular formula is C18H17CrN. The molecule has 0 radical (unpaired) electrons. The van der Waals surface area contributed by atoms with Crippen molar-refractivity contribution >= 4 is 10.2 Å². The van der Waals surface area contributed by atoms with Gasteiger partial charge in [0.15, 0.2) is 0 Å². The van der Waals surface area contributed by atoms with Crippen LogP contribution in [-0.2, 0) is 15.9 Å². The number of benzene rings is 2. The molecule has 2 aromatic carbocycles. The average Bonchev–Trinajstić information content (AvgIpc) is 2.50. The van der Waals surface area contributed by atoms with Crippen molar-refractivity contribution in [3.63, 3.8) is 0 Å². The third-order valence-electron chi connectivity index (χ3n) is 2.81. The van der Waals surface area contributed by atoms with E-state index >= 15 is 0 Å². The predicted octanol–water partition coefficient (Wildman–Crippen LogP) is 3.98. The summed E-state index contributed by atoms with van der Waals surface area (Å²) in [6, 6.07) is 18.4. The maximum absolute atomic E-state index is 3.41. The molecule has 100 valence electrons. The monoisotopic (exact) mass is 299 g/mol. The maximum atomic E-state index is 3.41. The molecule has 0 unspecified atom stereocenters. The molecule has 0 aliphatic heterocycles. The Morgan fingerprint density at radius 1 is 1.05 bits per heavy atom. The van der Waals surface area contributed by atoms with Crippen LogP contribution >= 0.6 is 0 Å². The van der Waals surface area contributed by atoms with Gasteiger partial charge in [-0.2, -0.15) is 0 Å². The first-order chi connectivity index (χ1) is 9.81. The molecular weight excluding hydrogens is 282 g/mol. The number of nitrogens with one attached hydrogen (secondary N) is 1. The Balaban J connectivity index is 2.18. The molecule has 0 saturated carbocycles. The van der Waals surface area contributed by atoms with Gasteiger partial charge in [-0.05, 0) is 0 Å². The fraction of sp³-hybridized carbons (Fsp3) is 0.167. The van der Waals surface area contributed by atoms with Gasteiger partial charge < -0.3 is 0 Å². The van der Waals surface area contributed by atoms with E-state index in [9.17, 15) is 0 Å². The van der Waals surface area contributed by atoms with Crippen LogP contribution in [0.1, 0.15) is 30.9 Å². The predicted molar refractivity (Wildman–Crippen MR) is 82.4 cm³/mol. The van der Waals surface area contributed by atoms with Crippen molar-refractivity contribution in [3.05, 3.63) is 65.7 Å². The summed E-state index contributed by atoms with van der Waals surface area (Å²) in [4.78, 5) is 0. The summed E-state index contributed by atoms with van der Waals surface area (Å²) in [5.74, 6) is 6.43. The molecule has 1 nitrogen and oxygen atoms in total. The van der Waals surface area contributed by atoms with E-state index in [-0.39, 0.29) is 0 Å². The average molecular weight is 299 g/mol. The SMILES string of the molecule is CCCC#Cc1ccccc1N[C](=[Cr])c1ccccc1. The van der Waals surface area contributed by atoms with E-state index in [4.69, 9.17) is 0 Å². The molecule has 0 bridgehead atoms. The second-order valence-corrected chi connectivity index (χ2v) is 5.06. The van der Waals surface area contributed by atoms with E-state index in [1.165, 1.54) is 0 Å². The Morgan fingerprint density at radius 3 is 2.50 bits per heavy atom. The van der Waals surface area contributed by atoms with E-state index in [0.29, 0.717) is 0 Å². The van der Waals surface area contributed by atoms with Crippen molar-refractivity contribution in [2.24, 2.45) is 0 Å². The van der Waals surface area contributed by atoms with Gasteiger partial charge in [-0.3, -0.25) is 0 Å². The van der Waals surface area contributed by atoms with E-state index in [1.54, 1.807) is 0 Å². The molecule has 0 aliphatic rings. The van der Waals surface area contributed by atoms with Crippen LogP contribution in [0.2, 0.25) is 0 Å². The summed E-state index contributed by atoms with van der Waals surface area (Å²) in [5.41, 5.74) is 3.21. The van der Waals surface area contributed by atoms with Crippen LogP contribution in [-0.4, -0.2) is 4.50 Å². The normalized spacial score (nSPS) is 9.45. The van der Waals surface area contributed by atoms with Gasteiger partial charge in [0.25, 0.3) is 0 Å². The minimum absolute atomic E-state index is 0.932. The standard InChI is InChI=1S/C18H17N.Cr/c1-2-3-5-12-17-13-8-9-14-18(17)19-15-16-10-6-4-7-11-16;/h4,6-11,13-14,19H,2-3H2,1H3;. The van der Waals surface area contributed by atoms with Gasteiger partial charge in [0.05, 0.1) is 0 Å². The van der Waals surface area contributed by atoms with Gasteiger partial charge in [0, 0.05) is 0 Å². The molecule has 2 rings (SSSR count). The number of rotatable bonds is 4. The molecule has 2 aromatic rings. The number of anilines is 1. The third kappa shape index (κ3) is 4.11. The third-order valence-corrected chi connectivity index (χ3v) is 3.34. The fourth-order valence-corrected chi connectivity index (χ4v) is 2.15. The summed E-state index contributed by atoms with van der Waals surface area (Å²) < 4.78 is 1.01. The molecule has 0 heterocycles. The quantitative estimate of drug-likeness (QED) is 0.842. The van der Waals surface area contributed by atoms with E-state index in [2.05, 4.69) is 58.1 Å². The molecule has 0 spiro atoms. The van der Waals surface area contributed by atoms with Crippen LogP contribution in [0.5, 0.6) is 0 Å². The molecule has 1 N–H and O–H groups in total. The van der Waals surface area contributed by atoms with Crippen molar-refractivity contribution in [3.8, 4) is 11.8 Å². The molecule has 0 atom stereocenters. The van der Waals surface area contributed by atoms with Gasteiger partial charge in [-0.15, -0.1) is 0 Å². The molecule has 2 heteroatoms. The summed E-state index contributed by atoms with van der Waals surface area (Å²) in [7, 11) is 0. The second kappa shape index (κ2) is 7.71. The van der Waals surface area contributed by atoms with Crippen LogP contribution in [0.25, 0.3) is 0 Å². The van der Waals surface area contributed by atoms with Crippen molar-refractivity contribution in [1.82, 2.24) is 0 Å². The van der Waals surface area contributed by atoms with Crippen LogP contribution < -0.4 is 5.32 Å². The zero-order chi connectivity index (χ0) is 14.2. The first kappa shape index (κ1) is 14.6. The van der Waals surface area contributed by atoms with Gasteiger partial charge in [0.2, 0.25) is 0 Å². The molecule has 0 aromatic heterocycles. The summed E-state index contributed by atoms with van der Waals surface area (Å²) in [5, 5.41) is 3.41. The Kier molecular flexibility index (Phi) is 5.63. The Morgan fingerprint density at radius 2 is 1.75 bits per heavy atom. The first-order valence-electron chi connectivity index (χ1n) is 6.75. The van der Waals surface area contributed by atoms with Crippen LogP contribution in [0.4, 0.5) is 5.69 Å². The van der Waals surface area contributed by atoms with E-state index in [1.807, 2.05) is 36.4 Å². The van der Waals surface area contributed by atoms with Crippen molar-refractivity contribution in [1.29, 1.82) is 0 Å². The Bertz CT molecular complexity index is 635. The molecule has 0 amide bonds. The Labute approximate surface area is 129 Å². The second-order valence-electron chi connectivity index (χ2n) is 4.42. The molecule has 0 saturated heterocycles. The number of hydrogen-bond donors (Lipinski definition) is 1. The van der Waals surface area contributed by atoms with Gasteiger partial charge >= 0.3 is 129 Å². The fourth-order valence-electron chi connectivity index (χ4n) is 1.77. The number of para-hydroxylation sites is 1. The molecule has 0 fully saturated rings.